The molecule has 184 valence electrons. The van der Waals surface area contributed by atoms with Gasteiger partial charge in [0, 0.05) is 53.6 Å². The third-order valence-electron chi connectivity index (χ3n) is 5.72. The Morgan fingerprint density at radius 1 is 1.03 bits per heavy atom. The molecule has 0 spiro atoms. The summed E-state index contributed by atoms with van der Waals surface area (Å²) in [6.45, 7) is 2.36. The van der Waals surface area contributed by atoms with Gasteiger partial charge in [0.2, 0.25) is 5.88 Å². The molecule has 9 heteroatoms. The summed E-state index contributed by atoms with van der Waals surface area (Å²) in [7, 11) is 3.12. The molecule has 0 fully saturated rings. The fraction of sp³-hybridized carbons (Fsp3) is 0.148. The van der Waals surface area contributed by atoms with Crippen LogP contribution >= 0.6 is 11.6 Å². The average Bonchev–Trinajstić information content (AvgIpc) is 2.90. The summed E-state index contributed by atoms with van der Waals surface area (Å²) >= 11 is 6.43. The number of nitrogen functional groups attached to an aromatic ring is 1. The van der Waals surface area contributed by atoms with Gasteiger partial charge in [-0.05, 0) is 36.2 Å². The first-order valence-corrected chi connectivity index (χ1v) is 11.5. The van der Waals surface area contributed by atoms with Gasteiger partial charge in [-0.1, -0.05) is 35.9 Å². The number of nitrogens with zero attached hydrogens (tertiary/aromatic N) is 2. The summed E-state index contributed by atoms with van der Waals surface area (Å²) in [4.78, 5) is 21.5. The summed E-state index contributed by atoms with van der Waals surface area (Å²) in [6, 6.07) is 16.4. The van der Waals surface area contributed by atoms with Crippen LogP contribution in [0.4, 0.5) is 17.1 Å². The number of halogens is 1. The number of nitrogens with two attached hydrogens (primary N) is 1. The Balaban J connectivity index is 1.52. The Morgan fingerprint density at radius 3 is 2.58 bits per heavy atom. The highest BCUT2D eigenvalue weighted by Crippen LogP contribution is 2.36. The Kier molecular flexibility index (Phi) is 7.56. The van der Waals surface area contributed by atoms with Gasteiger partial charge in [0.15, 0.2) is 0 Å². The van der Waals surface area contributed by atoms with Crippen LogP contribution in [-0.4, -0.2) is 30.1 Å². The van der Waals surface area contributed by atoms with Gasteiger partial charge in [-0.15, -0.1) is 0 Å². The van der Waals surface area contributed by atoms with Gasteiger partial charge >= 0.3 is 0 Å². The monoisotopic (exact) mass is 503 g/mol. The van der Waals surface area contributed by atoms with Crippen LogP contribution < -0.4 is 25.8 Å². The van der Waals surface area contributed by atoms with Gasteiger partial charge in [-0.2, -0.15) is 0 Å². The minimum absolute atomic E-state index is 0.230. The minimum Gasteiger partial charge on any atom is -0.496 e. The first kappa shape index (κ1) is 24.8. The van der Waals surface area contributed by atoms with Crippen LogP contribution in [0.3, 0.4) is 0 Å². The van der Waals surface area contributed by atoms with Crippen molar-refractivity contribution in [3.8, 4) is 22.8 Å². The number of amides is 1. The van der Waals surface area contributed by atoms with E-state index in [4.69, 9.17) is 26.8 Å². The van der Waals surface area contributed by atoms with E-state index >= 15 is 0 Å². The lowest BCUT2D eigenvalue weighted by Gasteiger charge is -2.15. The number of aromatic nitrogens is 2. The number of pyridine rings is 2. The molecule has 8 nitrogen and oxygen atoms in total. The summed E-state index contributed by atoms with van der Waals surface area (Å²) in [5.41, 5.74) is 11.5. The maximum Gasteiger partial charge on any atom is 0.274 e. The lowest BCUT2D eigenvalue weighted by atomic mass is 9.98. The van der Waals surface area contributed by atoms with E-state index in [1.165, 1.54) is 0 Å². The number of hydrogen-bond acceptors (Lipinski definition) is 7. The van der Waals surface area contributed by atoms with Gasteiger partial charge < -0.3 is 25.8 Å². The molecular formula is C27H26ClN5O3. The molecule has 2 heterocycles. The molecule has 4 aromatic rings. The maximum absolute atomic E-state index is 13.1. The van der Waals surface area contributed by atoms with Crippen molar-refractivity contribution in [2.75, 3.05) is 30.6 Å². The fourth-order valence-corrected chi connectivity index (χ4v) is 3.98. The number of carbonyl (C=O) groups excluding carboxylic acids is 1. The van der Waals surface area contributed by atoms with E-state index < -0.39 is 0 Å². The lowest BCUT2D eigenvalue weighted by molar-refractivity contribution is 0.102. The van der Waals surface area contributed by atoms with Crippen LogP contribution in [0.25, 0.3) is 11.1 Å². The molecule has 4 N–H and O–H groups in total. The molecule has 0 bridgehead atoms. The highest BCUT2D eigenvalue weighted by molar-refractivity contribution is 6.35. The summed E-state index contributed by atoms with van der Waals surface area (Å²) in [6.07, 6.45) is 3.27. The number of benzene rings is 2. The molecule has 0 saturated carbocycles. The molecule has 0 aliphatic rings. The minimum atomic E-state index is -0.356. The summed E-state index contributed by atoms with van der Waals surface area (Å²) < 4.78 is 10.7. The van der Waals surface area contributed by atoms with E-state index in [1.54, 1.807) is 44.8 Å². The van der Waals surface area contributed by atoms with E-state index in [9.17, 15) is 4.79 Å². The Morgan fingerprint density at radius 2 is 1.81 bits per heavy atom. The van der Waals surface area contributed by atoms with Crippen molar-refractivity contribution in [1.29, 1.82) is 0 Å². The SMILES string of the molecule is COc1cc(NCc2cnc(C(=O)Nc3cccc(-c4cccc(N)c4Cl)c3C)cc2OC)ccn1. The zero-order valence-corrected chi connectivity index (χ0v) is 20.9. The zero-order valence-electron chi connectivity index (χ0n) is 20.1. The van der Waals surface area contributed by atoms with E-state index in [0.29, 0.717) is 34.6 Å². The van der Waals surface area contributed by atoms with Crippen molar-refractivity contribution in [2.45, 2.75) is 13.5 Å². The van der Waals surface area contributed by atoms with Gasteiger partial charge in [0.05, 0.1) is 24.9 Å². The van der Waals surface area contributed by atoms with Crippen molar-refractivity contribution in [3.63, 3.8) is 0 Å². The molecule has 0 radical (unpaired) electrons. The number of carbonyl (C=O) groups is 1. The van der Waals surface area contributed by atoms with Crippen LogP contribution in [0.2, 0.25) is 5.02 Å². The van der Waals surface area contributed by atoms with Gasteiger partial charge in [-0.25, -0.2) is 4.98 Å². The fourth-order valence-electron chi connectivity index (χ4n) is 3.75. The molecule has 0 saturated heterocycles. The van der Waals surface area contributed by atoms with Crippen LogP contribution in [0.5, 0.6) is 11.6 Å². The Bertz CT molecular complexity index is 1410. The van der Waals surface area contributed by atoms with Crippen LogP contribution in [-0.2, 0) is 6.54 Å². The molecule has 0 aliphatic carbocycles. The van der Waals surface area contributed by atoms with Crippen molar-refractivity contribution < 1.29 is 14.3 Å². The highest BCUT2D eigenvalue weighted by atomic mass is 35.5. The normalized spacial score (nSPS) is 10.6. The predicted molar refractivity (Wildman–Crippen MR) is 143 cm³/mol. The molecule has 36 heavy (non-hydrogen) atoms. The van der Waals surface area contributed by atoms with Gasteiger partial charge in [0.1, 0.15) is 11.4 Å². The topological polar surface area (TPSA) is 111 Å². The number of hydrogen-bond donors (Lipinski definition) is 3. The Hall–Kier alpha value is -4.30. The van der Waals surface area contributed by atoms with E-state index in [1.807, 2.05) is 43.3 Å². The summed E-state index contributed by atoms with van der Waals surface area (Å²) in [5.74, 6) is 0.695. The quantitative estimate of drug-likeness (QED) is 0.269. The molecule has 0 aliphatic heterocycles. The first-order valence-electron chi connectivity index (χ1n) is 11.1. The third-order valence-corrected chi connectivity index (χ3v) is 6.15. The van der Waals surface area contributed by atoms with Gasteiger partial charge in [0.25, 0.3) is 5.91 Å². The van der Waals surface area contributed by atoms with Crippen LogP contribution in [0, 0.1) is 6.92 Å². The van der Waals surface area contributed by atoms with E-state index in [-0.39, 0.29) is 11.6 Å². The molecule has 2 aromatic heterocycles. The maximum atomic E-state index is 13.1. The number of anilines is 3. The van der Waals surface area contributed by atoms with Crippen molar-refractivity contribution >= 4 is 34.6 Å². The van der Waals surface area contributed by atoms with Crippen molar-refractivity contribution in [3.05, 3.63) is 88.8 Å². The second-order valence-corrected chi connectivity index (χ2v) is 8.34. The number of methoxy groups -OCH3 is 2. The molecule has 4 rings (SSSR count). The van der Waals surface area contributed by atoms with Gasteiger partial charge in [-0.3, -0.25) is 9.78 Å². The molecule has 0 atom stereocenters. The first-order chi connectivity index (χ1) is 17.4. The lowest BCUT2D eigenvalue weighted by Crippen LogP contribution is -2.15. The molecule has 2 aromatic carbocycles. The summed E-state index contributed by atoms with van der Waals surface area (Å²) in [5, 5.41) is 6.70. The van der Waals surface area contributed by atoms with Crippen molar-refractivity contribution in [2.24, 2.45) is 0 Å². The van der Waals surface area contributed by atoms with Crippen molar-refractivity contribution in [1.82, 2.24) is 9.97 Å². The smallest absolute Gasteiger partial charge is 0.274 e. The van der Waals surface area contributed by atoms with E-state index in [0.717, 1.165) is 27.9 Å². The van der Waals surface area contributed by atoms with Crippen LogP contribution in [0.1, 0.15) is 21.6 Å². The average molecular weight is 504 g/mol. The second-order valence-electron chi connectivity index (χ2n) is 7.96. The largest absolute Gasteiger partial charge is 0.496 e. The number of nitrogens with one attached hydrogen (secondary N) is 2. The van der Waals surface area contributed by atoms with E-state index in [2.05, 4.69) is 20.6 Å². The molecular weight excluding hydrogens is 478 g/mol. The molecule has 1 amide bonds. The zero-order chi connectivity index (χ0) is 25.7. The third kappa shape index (κ3) is 5.34. The number of rotatable bonds is 8. The second kappa shape index (κ2) is 11.0. The highest BCUT2D eigenvalue weighted by Gasteiger charge is 2.16. The molecule has 0 unspecified atom stereocenters. The Labute approximate surface area is 214 Å². The predicted octanol–water partition coefficient (Wildman–Crippen LogP) is 5.57. The number of ether oxygens (including phenoxy) is 2. The van der Waals surface area contributed by atoms with Crippen LogP contribution in [0.15, 0.2) is 67.0 Å². The standard InChI is InChI=1S/C27H26ClN5O3/c1-16-19(20-7-4-8-21(29)26(20)28)6-5-9-22(16)33-27(34)23-13-24(35-2)17(15-32-23)14-31-18-10-11-30-25(12-18)36-3/h4-13,15H,14,29H2,1-3H3,(H,30,31)(H,33,34).